The SMILES string of the molecule is N#Cc1ccc(CCl)c(S)c1C(=O)O. The first kappa shape index (κ1) is 10.9. The van der Waals surface area contributed by atoms with Gasteiger partial charge in [-0.2, -0.15) is 5.26 Å². The molecule has 0 amide bonds. The van der Waals surface area contributed by atoms with Crippen molar-refractivity contribution in [1.29, 1.82) is 5.26 Å². The second-order valence-corrected chi connectivity index (χ2v) is 3.26. The van der Waals surface area contributed by atoms with Gasteiger partial charge in [0.2, 0.25) is 0 Å². The average molecular weight is 228 g/mol. The smallest absolute Gasteiger partial charge is 0.338 e. The molecule has 0 saturated carbocycles. The predicted octanol–water partition coefficient (Wildman–Crippen LogP) is 2.28. The maximum atomic E-state index is 10.8. The standard InChI is InChI=1S/C9H6ClNO2S/c10-3-5-1-2-6(4-11)7(8(5)14)9(12)13/h1-2,14H,3H2,(H,12,13). The molecule has 72 valence electrons. The zero-order chi connectivity index (χ0) is 10.7. The molecule has 0 saturated heterocycles. The Labute approximate surface area is 91.3 Å². The van der Waals surface area contributed by atoms with Gasteiger partial charge >= 0.3 is 5.97 Å². The van der Waals surface area contributed by atoms with Gasteiger partial charge in [-0.25, -0.2) is 4.79 Å². The van der Waals surface area contributed by atoms with E-state index in [9.17, 15) is 4.79 Å². The minimum Gasteiger partial charge on any atom is -0.478 e. The zero-order valence-electron chi connectivity index (χ0n) is 6.99. The lowest BCUT2D eigenvalue weighted by Crippen LogP contribution is -2.03. The summed E-state index contributed by atoms with van der Waals surface area (Å²) < 4.78 is 0. The summed E-state index contributed by atoms with van der Waals surface area (Å²) in [6.07, 6.45) is 0. The van der Waals surface area contributed by atoms with Crippen molar-refractivity contribution in [2.45, 2.75) is 10.8 Å². The Morgan fingerprint density at radius 3 is 2.71 bits per heavy atom. The maximum Gasteiger partial charge on any atom is 0.338 e. The van der Waals surface area contributed by atoms with E-state index in [2.05, 4.69) is 12.6 Å². The van der Waals surface area contributed by atoms with Crippen LogP contribution >= 0.6 is 24.2 Å². The lowest BCUT2D eigenvalue weighted by Gasteiger charge is -2.06. The number of nitriles is 1. The molecule has 0 radical (unpaired) electrons. The Hall–Kier alpha value is -1.18. The molecule has 5 heteroatoms. The van der Waals surface area contributed by atoms with Crippen molar-refractivity contribution < 1.29 is 9.90 Å². The molecule has 0 heterocycles. The largest absolute Gasteiger partial charge is 0.478 e. The molecule has 0 aromatic heterocycles. The van der Waals surface area contributed by atoms with Crippen LogP contribution in [0.3, 0.4) is 0 Å². The van der Waals surface area contributed by atoms with Crippen LogP contribution in [-0.4, -0.2) is 11.1 Å². The summed E-state index contributed by atoms with van der Waals surface area (Å²) in [7, 11) is 0. The van der Waals surface area contributed by atoms with Crippen molar-refractivity contribution in [3.8, 4) is 6.07 Å². The summed E-state index contributed by atoms with van der Waals surface area (Å²) in [5.41, 5.74) is 0.608. The first-order valence-electron chi connectivity index (χ1n) is 3.66. The van der Waals surface area contributed by atoms with Crippen molar-refractivity contribution in [3.05, 3.63) is 28.8 Å². The van der Waals surface area contributed by atoms with Crippen LogP contribution in [-0.2, 0) is 5.88 Å². The van der Waals surface area contributed by atoms with Gasteiger partial charge in [0.1, 0.15) is 6.07 Å². The van der Waals surface area contributed by atoms with Gasteiger partial charge in [-0.3, -0.25) is 0 Å². The molecule has 1 aromatic rings. The van der Waals surface area contributed by atoms with Crippen LogP contribution in [0.15, 0.2) is 17.0 Å². The molecule has 14 heavy (non-hydrogen) atoms. The first-order valence-corrected chi connectivity index (χ1v) is 4.64. The Balaban J connectivity index is 3.49. The quantitative estimate of drug-likeness (QED) is 0.602. The lowest BCUT2D eigenvalue weighted by molar-refractivity contribution is 0.0692. The van der Waals surface area contributed by atoms with Gasteiger partial charge in [0.15, 0.2) is 0 Å². The van der Waals surface area contributed by atoms with Crippen molar-refractivity contribution in [2.75, 3.05) is 0 Å². The van der Waals surface area contributed by atoms with Crippen LogP contribution in [0.1, 0.15) is 21.5 Å². The number of carbonyl (C=O) groups is 1. The Kier molecular flexibility index (Phi) is 3.39. The number of thiol groups is 1. The second kappa shape index (κ2) is 4.36. The minimum atomic E-state index is -1.17. The van der Waals surface area contributed by atoms with Crippen molar-refractivity contribution in [2.24, 2.45) is 0 Å². The third-order valence-corrected chi connectivity index (χ3v) is 2.54. The topological polar surface area (TPSA) is 61.1 Å². The highest BCUT2D eigenvalue weighted by molar-refractivity contribution is 7.80. The number of nitrogens with zero attached hydrogens (tertiary/aromatic N) is 1. The van der Waals surface area contributed by atoms with E-state index >= 15 is 0 Å². The summed E-state index contributed by atoms with van der Waals surface area (Å²) in [5, 5.41) is 17.5. The maximum absolute atomic E-state index is 10.8. The Morgan fingerprint density at radius 1 is 1.64 bits per heavy atom. The van der Waals surface area contributed by atoms with E-state index < -0.39 is 5.97 Å². The molecule has 0 fully saturated rings. The second-order valence-electron chi connectivity index (χ2n) is 2.55. The molecule has 1 aromatic carbocycles. The van der Waals surface area contributed by atoms with E-state index in [1.807, 2.05) is 0 Å². The summed E-state index contributed by atoms with van der Waals surface area (Å²) in [5.74, 6) is -0.997. The highest BCUT2D eigenvalue weighted by Gasteiger charge is 2.16. The molecule has 1 N–H and O–H groups in total. The number of carboxylic acid groups (broad SMARTS) is 1. The molecular weight excluding hydrogens is 222 g/mol. The minimum absolute atomic E-state index is 0.0889. The third kappa shape index (κ3) is 1.84. The van der Waals surface area contributed by atoms with Crippen molar-refractivity contribution in [3.63, 3.8) is 0 Å². The summed E-state index contributed by atoms with van der Waals surface area (Å²) in [4.78, 5) is 11.1. The fourth-order valence-corrected chi connectivity index (χ4v) is 1.74. The van der Waals surface area contributed by atoms with E-state index in [1.54, 1.807) is 12.1 Å². The number of hydrogen-bond acceptors (Lipinski definition) is 3. The summed E-state index contributed by atoms with van der Waals surface area (Å²) in [6.45, 7) is 0. The van der Waals surface area contributed by atoms with E-state index in [-0.39, 0.29) is 21.9 Å². The highest BCUT2D eigenvalue weighted by Crippen LogP contribution is 2.24. The van der Waals surface area contributed by atoms with Crippen LogP contribution < -0.4 is 0 Å². The Bertz CT molecular complexity index is 426. The molecule has 0 aliphatic rings. The fraction of sp³-hybridized carbons (Fsp3) is 0.111. The van der Waals surface area contributed by atoms with Gasteiger partial charge in [0.05, 0.1) is 11.1 Å². The number of hydrogen-bond donors (Lipinski definition) is 2. The molecular formula is C9H6ClNO2S. The molecule has 3 nitrogen and oxygen atoms in total. The molecule has 0 spiro atoms. The number of rotatable bonds is 2. The van der Waals surface area contributed by atoms with Crippen LogP contribution in [0, 0.1) is 11.3 Å². The fourth-order valence-electron chi connectivity index (χ4n) is 1.05. The number of carboxylic acids is 1. The van der Waals surface area contributed by atoms with E-state index in [0.717, 1.165) is 0 Å². The summed E-state index contributed by atoms with van der Waals surface area (Å²) >= 11 is 9.62. The third-order valence-electron chi connectivity index (χ3n) is 1.74. The number of benzene rings is 1. The number of halogens is 1. The lowest BCUT2D eigenvalue weighted by atomic mass is 10.1. The molecule has 0 aliphatic heterocycles. The van der Waals surface area contributed by atoms with Gasteiger partial charge in [0.25, 0.3) is 0 Å². The predicted molar refractivity (Wildman–Crippen MR) is 54.9 cm³/mol. The molecule has 1 rings (SSSR count). The van der Waals surface area contributed by atoms with Gasteiger partial charge < -0.3 is 5.11 Å². The molecule has 0 atom stereocenters. The highest BCUT2D eigenvalue weighted by atomic mass is 35.5. The zero-order valence-corrected chi connectivity index (χ0v) is 8.64. The van der Waals surface area contributed by atoms with E-state index in [1.165, 1.54) is 6.07 Å². The van der Waals surface area contributed by atoms with Crippen LogP contribution in [0.25, 0.3) is 0 Å². The van der Waals surface area contributed by atoms with E-state index in [4.69, 9.17) is 22.0 Å². The Morgan fingerprint density at radius 2 is 2.29 bits per heavy atom. The molecule has 0 aliphatic carbocycles. The van der Waals surface area contributed by atoms with Gasteiger partial charge in [-0.15, -0.1) is 24.2 Å². The van der Waals surface area contributed by atoms with Gasteiger partial charge in [-0.1, -0.05) is 6.07 Å². The van der Waals surface area contributed by atoms with Crippen LogP contribution in [0.4, 0.5) is 0 Å². The van der Waals surface area contributed by atoms with Crippen molar-refractivity contribution >= 4 is 30.2 Å². The number of aromatic carboxylic acids is 1. The van der Waals surface area contributed by atoms with E-state index in [0.29, 0.717) is 5.56 Å². The summed E-state index contributed by atoms with van der Waals surface area (Å²) in [6, 6.07) is 4.83. The first-order chi connectivity index (χ1) is 6.61. The van der Waals surface area contributed by atoms with Gasteiger partial charge in [-0.05, 0) is 11.6 Å². The van der Waals surface area contributed by atoms with Crippen molar-refractivity contribution in [1.82, 2.24) is 0 Å². The normalized spacial score (nSPS) is 9.50. The van der Waals surface area contributed by atoms with Gasteiger partial charge in [0, 0.05) is 10.8 Å². The average Bonchev–Trinajstić information content (AvgIpc) is 2.16. The van der Waals surface area contributed by atoms with Crippen LogP contribution in [0.5, 0.6) is 0 Å². The van der Waals surface area contributed by atoms with Crippen LogP contribution in [0.2, 0.25) is 0 Å². The monoisotopic (exact) mass is 227 g/mol. The number of alkyl halides is 1. The molecule has 0 bridgehead atoms. The molecule has 0 unspecified atom stereocenters.